The van der Waals surface area contributed by atoms with Crippen LogP contribution in [0.25, 0.3) is 0 Å². The maximum Gasteiger partial charge on any atom is 0.418 e. The van der Waals surface area contributed by atoms with Gasteiger partial charge in [0.15, 0.2) is 0 Å². The third-order valence-corrected chi connectivity index (χ3v) is 2.76. The molecule has 0 radical (unpaired) electrons. The van der Waals surface area contributed by atoms with Gasteiger partial charge in [0.05, 0.1) is 11.3 Å². The van der Waals surface area contributed by atoms with Crippen LogP contribution in [-0.4, -0.2) is 5.71 Å². The minimum Gasteiger partial charge on any atom is -0.252 e. The lowest BCUT2D eigenvalue weighted by molar-refractivity contribution is -0.137. The molecule has 2 rings (SSSR count). The first-order chi connectivity index (χ1) is 9.39. The summed E-state index contributed by atoms with van der Waals surface area (Å²) in [6.45, 7) is 1.48. The lowest BCUT2D eigenvalue weighted by atomic mass is 10.1. The number of hydrogen-bond acceptors (Lipinski definition) is 1. The van der Waals surface area contributed by atoms with E-state index in [1.54, 1.807) is 6.07 Å². The topological polar surface area (TPSA) is 12.4 Å². The van der Waals surface area contributed by atoms with E-state index in [2.05, 4.69) is 4.99 Å². The summed E-state index contributed by atoms with van der Waals surface area (Å²) in [5.74, 6) is -0.516. The quantitative estimate of drug-likeness (QED) is 0.543. The van der Waals surface area contributed by atoms with Crippen LogP contribution in [0.5, 0.6) is 0 Å². The molecule has 0 saturated heterocycles. The fraction of sp³-hybridized carbons (Fsp3) is 0.133. The SMILES string of the molecule is CC(=Nc1ccccc1C(F)(F)F)c1ccccc1F. The molecular formula is C15H11F4N. The van der Waals surface area contributed by atoms with Crippen LogP contribution in [0.2, 0.25) is 0 Å². The number of rotatable bonds is 2. The van der Waals surface area contributed by atoms with Crippen molar-refractivity contribution >= 4 is 11.4 Å². The van der Waals surface area contributed by atoms with Crippen molar-refractivity contribution in [3.63, 3.8) is 0 Å². The van der Waals surface area contributed by atoms with Crippen molar-refractivity contribution in [2.45, 2.75) is 13.1 Å². The largest absolute Gasteiger partial charge is 0.418 e. The molecule has 0 unspecified atom stereocenters. The lowest BCUT2D eigenvalue weighted by Crippen LogP contribution is -2.06. The summed E-state index contributed by atoms with van der Waals surface area (Å²) >= 11 is 0. The number of benzene rings is 2. The highest BCUT2D eigenvalue weighted by atomic mass is 19.4. The standard InChI is InChI=1S/C15H11F4N/c1-10(11-6-2-4-8-13(11)16)20-14-9-5-3-7-12(14)15(17,18)19/h2-9H,1H3. The number of hydrogen-bond donors (Lipinski definition) is 0. The lowest BCUT2D eigenvalue weighted by Gasteiger charge is -2.10. The molecule has 20 heavy (non-hydrogen) atoms. The number of alkyl halides is 3. The van der Waals surface area contributed by atoms with Crippen molar-refractivity contribution in [2.75, 3.05) is 0 Å². The van der Waals surface area contributed by atoms with Crippen molar-refractivity contribution in [3.05, 3.63) is 65.5 Å². The number of aliphatic imine (C=N–C) groups is 1. The smallest absolute Gasteiger partial charge is 0.252 e. The fourth-order valence-corrected chi connectivity index (χ4v) is 1.81. The monoisotopic (exact) mass is 281 g/mol. The first kappa shape index (κ1) is 14.2. The fourth-order valence-electron chi connectivity index (χ4n) is 1.81. The predicted octanol–water partition coefficient (Wildman–Crippen LogP) is 4.99. The number of para-hydroxylation sites is 1. The Kier molecular flexibility index (Phi) is 3.88. The summed E-state index contributed by atoms with van der Waals surface area (Å²) in [4.78, 5) is 3.91. The van der Waals surface area contributed by atoms with E-state index in [-0.39, 0.29) is 17.0 Å². The van der Waals surface area contributed by atoms with Crippen LogP contribution < -0.4 is 0 Å². The molecule has 104 valence electrons. The summed E-state index contributed by atoms with van der Waals surface area (Å²) in [5.41, 5.74) is -0.680. The summed E-state index contributed by atoms with van der Waals surface area (Å²) in [6, 6.07) is 10.8. The Labute approximate surface area is 113 Å². The highest BCUT2D eigenvalue weighted by Gasteiger charge is 2.33. The van der Waals surface area contributed by atoms with Crippen LogP contribution in [-0.2, 0) is 6.18 Å². The van der Waals surface area contributed by atoms with Crippen LogP contribution >= 0.6 is 0 Å². The van der Waals surface area contributed by atoms with Gasteiger partial charge in [-0.05, 0) is 25.1 Å². The van der Waals surface area contributed by atoms with Crippen molar-refractivity contribution in [3.8, 4) is 0 Å². The van der Waals surface area contributed by atoms with Gasteiger partial charge in [-0.3, -0.25) is 4.99 Å². The van der Waals surface area contributed by atoms with Gasteiger partial charge in [0.1, 0.15) is 5.82 Å². The maximum absolute atomic E-state index is 13.6. The van der Waals surface area contributed by atoms with Gasteiger partial charge in [0.2, 0.25) is 0 Å². The van der Waals surface area contributed by atoms with Crippen molar-refractivity contribution in [1.29, 1.82) is 0 Å². The molecule has 0 aliphatic rings. The molecular weight excluding hydrogens is 270 g/mol. The molecule has 1 nitrogen and oxygen atoms in total. The molecule has 0 bridgehead atoms. The molecule has 0 spiro atoms. The van der Waals surface area contributed by atoms with E-state index in [9.17, 15) is 17.6 Å². The van der Waals surface area contributed by atoms with Gasteiger partial charge in [-0.1, -0.05) is 30.3 Å². The Hall–Kier alpha value is -2.17. The average Bonchev–Trinajstić information content (AvgIpc) is 2.38. The van der Waals surface area contributed by atoms with E-state index >= 15 is 0 Å². The van der Waals surface area contributed by atoms with Gasteiger partial charge in [-0.15, -0.1) is 0 Å². The molecule has 2 aromatic rings. The zero-order valence-corrected chi connectivity index (χ0v) is 10.6. The van der Waals surface area contributed by atoms with Crippen LogP contribution in [0, 0.1) is 5.82 Å². The highest BCUT2D eigenvalue weighted by molar-refractivity contribution is 6.00. The van der Waals surface area contributed by atoms with E-state index in [1.165, 1.54) is 43.3 Å². The van der Waals surface area contributed by atoms with Gasteiger partial charge in [-0.25, -0.2) is 4.39 Å². The summed E-state index contributed by atoms with van der Waals surface area (Å²) in [7, 11) is 0. The first-order valence-electron chi connectivity index (χ1n) is 5.86. The first-order valence-corrected chi connectivity index (χ1v) is 5.86. The van der Waals surface area contributed by atoms with Gasteiger partial charge < -0.3 is 0 Å². The maximum atomic E-state index is 13.6. The van der Waals surface area contributed by atoms with Crippen LogP contribution in [0.4, 0.5) is 23.2 Å². The minimum absolute atomic E-state index is 0.185. The van der Waals surface area contributed by atoms with Crippen molar-refractivity contribution < 1.29 is 17.6 Å². The Morgan fingerprint density at radius 2 is 1.55 bits per heavy atom. The molecule has 2 aromatic carbocycles. The van der Waals surface area contributed by atoms with Crippen LogP contribution in [0.15, 0.2) is 53.5 Å². The predicted molar refractivity (Wildman–Crippen MR) is 69.7 cm³/mol. The Morgan fingerprint density at radius 3 is 2.20 bits per heavy atom. The van der Waals surface area contributed by atoms with Crippen molar-refractivity contribution in [2.24, 2.45) is 4.99 Å². The second-order valence-electron chi connectivity index (χ2n) is 4.19. The van der Waals surface area contributed by atoms with E-state index in [1.807, 2.05) is 0 Å². The van der Waals surface area contributed by atoms with Gasteiger partial charge >= 0.3 is 6.18 Å². The Morgan fingerprint density at radius 1 is 0.950 bits per heavy atom. The van der Waals surface area contributed by atoms with E-state index in [0.29, 0.717) is 0 Å². The van der Waals surface area contributed by atoms with Crippen molar-refractivity contribution in [1.82, 2.24) is 0 Å². The van der Waals surface area contributed by atoms with Gasteiger partial charge in [0.25, 0.3) is 0 Å². The molecule has 0 fully saturated rings. The summed E-state index contributed by atoms with van der Waals surface area (Å²) in [6.07, 6.45) is -4.49. The van der Waals surface area contributed by atoms with Gasteiger partial charge in [0, 0.05) is 11.3 Å². The summed E-state index contributed by atoms with van der Waals surface area (Å²) in [5, 5.41) is 0. The third kappa shape index (κ3) is 3.04. The zero-order valence-electron chi connectivity index (χ0n) is 10.6. The second-order valence-corrected chi connectivity index (χ2v) is 4.19. The van der Waals surface area contributed by atoms with E-state index < -0.39 is 17.6 Å². The molecule has 5 heteroatoms. The number of halogens is 4. The van der Waals surface area contributed by atoms with E-state index in [0.717, 1.165) is 6.07 Å². The average molecular weight is 281 g/mol. The molecule has 0 N–H and O–H groups in total. The van der Waals surface area contributed by atoms with Crippen LogP contribution in [0.1, 0.15) is 18.1 Å². The minimum atomic E-state index is -4.49. The van der Waals surface area contributed by atoms with Gasteiger partial charge in [-0.2, -0.15) is 13.2 Å². The second kappa shape index (κ2) is 5.45. The molecule has 0 aliphatic carbocycles. The molecule has 0 aliphatic heterocycles. The van der Waals surface area contributed by atoms with Crippen LogP contribution in [0.3, 0.4) is 0 Å². The molecule has 0 atom stereocenters. The molecule has 0 amide bonds. The third-order valence-electron chi connectivity index (χ3n) is 2.76. The number of nitrogens with zero attached hydrogens (tertiary/aromatic N) is 1. The highest BCUT2D eigenvalue weighted by Crippen LogP contribution is 2.36. The Balaban J connectivity index is 2.49. The summed E-state index contributed by atoms with van der Waals surface area (Å²) < 4.78 is 52.1. The molecule has 0 saturated carbocycles. The Bertz CT molecular complexity index is 644. The van der Waals surface area contributed by atoms with E-state index in [4.69, 9.17) is 0 Å². The molecule has 0 heterocycles. The normalized spacial score (nSPS) is 12.6. The zero-order chi connectivity index (χ0) is 14.8. The molecule has 0 aromatic heterocycles.